The summed E-state index contributed by atoms with van der Waals surface area (Å²) in [7, 11) is 0. The van der Waals surface area contributed by atoms with Crippen molar-refractivity contribution in [3.63, 3.8) is 0 Å². The molecule has 6 nitrogen and oxygen atoms in total. The van der Waals surface area contributed by atoms with Gasteiger partial charge in [0.05, 0.1) is 22.2 Å². The maximum Gasteiger partial charge on any atom is 0.234 e. The molecule has 2 aromatic heterocycles. The lowest BCUT2D eigenvalue weighted by atomic mass is 10.0. The SMILES string of the molecule is Cc1cc(C)c(NC(=O)CSc2nnc(-c3cccnc3)n2-c2ccccc2C(C)C)c(Cl)c1. The van der Waals surface area contributed by atoms with E-state index in [-0.39, 0.29) is 11.7 Å². The van der Waals surface area contributed by atoms with E-state index in [0.717, 1.165) is 22.4 Å². The number of nitrogens with one attached hydrogen (secondary N) is 1. The highest BCUT2D eigenvalue weighted by molar-refractivity contribution is 7.99. The maximum absolute atomic E-state index is 12.8. The Bertz CT molecular complexity index is 1300. The molecule has 34 heavy (non-hydrogen) atoms. The van der Waals surface area contributed by atoms with Crippen molar-refractivity contribution in [2.75, 3.05) is 11.1 Å². The topological polar surface area (TPSA) is 72.7 Å². The number of nitrogens with zero attached hydrogens (tertiary/aromatic N) is 4. The summed E-state index contributed by atoms with van der Waals surface area (Å²) < 4.78 is 2.01. The maximum atomic E-state index is 12.8. The van der Waals surface area contributed by atoms with Crippen molar-refractivity contribution in [1.29, 1.82) is 0 Å². The minimum atomic E-state index is -0.159. The van der Waals surface area contributed by atoms with Crippen LogP contribution in [-0.4, -0.2) is 31.4 Å². The second-order valence-corrected chi connectivity index (χ2v) is 9.72. The molecule has 0 unspecified atom stereocenters. The van der Waals surface area contributed by atoms with Gasteiger partial charge in [0, 0.05) is 18.0 Å². The van der Waals surface area contributed by atoms with Gasteiger partial charge in [-0.15, -0.1) is 10.2 Å². The quantitative estimate of drug-likeness (QED) is 0.300. The van der Waals surface area contributed by atoms with Crippen molar-refractivity contribution in [2.45, 2.75) is 38.8 Å². The zero-order chi connectivity index (χ0) is 24.2. The number of para-hydroxylation sites is 1. The summed E-state index contributed by atoms with van der Waals surface area (Å²) in [4.78, 5) is 17.1. The Morgan fingerprint density at radius 1 is 1.12 bits per heavy atom. The second kappa shape index (κ2) is 10.4. The molecule has 1 amide bonds. The van der Waals surface area contributed by atoms with Gasteiger partial charge in [-0.3, -0.25) is 14.3 Å². The first-order valence-corrected chi connectivity index (χ1v) is 12.4. The summed E-state index contributed by atoms with van der Waals surface area (Å²) in [6, 6.07) is 15.9. The van der Waals surface area contributed by atoms with Crippen LogP contribution in [0.4, 0.5) is 5.69 Å². The third-order valence-electron chi connectivity index (χ3n) is 5.38. The number of rotatable bonds is 7. The number of anilines is 1. The van der Waals surface area contributed by atoms with Crippen LogP contribution in [0.3, 0.4) is 0 Å². The van der Waals surface area contributed by atoms with Gasteiger partial charge in [-0.25, -0.2) is 0 Å². The van der Waals surface area contributed by atoms with E-state index in [1.54, 1.807) is 12.4 Å². The highest BCUT2D eigenvalue weighted by atomic mass is 35.5. The Labute approximate surface area is 208 Å². The molecule has 4 aromatic rings. The van der Waals surface area contributed by atoms with Crippen LogP contribution in [0, 0.1) is 13.8 Å². The number of amides is 1. The van der Waals surface area contributed by atoms with Crippen LogP contribution in [0.15, 0.2) is 66.1 Å². The molecule has 8 heteroatoms. The lowest BCUT2D eigenvalue weighted by molar-refractivity contribution is -0.113. The summed E-state index contributed by atoms with van der Waals surface area (Å²) in [6.45, 7) is 8.21. The number of halogens is 1. The number of hydrogen-bond acceptors (Lipinski definition) is 5. The van der Waals surface area contributed by atoms with Gasteiger partial charge in [0.1, 0.15) is 0 Å². The van der Waals surface area contributed by atoms with Gasteiger partial charge >= 0.3 is 0 Å². The second-order valence-electron chi connectivity index (χ2n) is 8.37. The largest absolute Gasteiger partial charge is 0.324 e. The van der Waals surface area contributed by atoms with Crippen molar-refractivity contribution < 1.29 is 4.79 Å². The number of hydrogen-bond donors (Lipinski definition) is 1. The van der Waals surface area contributed by atoms with E-state index in [4.69, 9.17) is 11.6 Å². The van der Waals surface area contributed by atoms with Crippen molar-refractivity contribution >= 4 is 35.0 Å². The molecule has 0 fully saturated rings. The van der Waals surface area contributed by atoms with Crippen molar-refractivity contribution in [3.05, 3.63) is 82.6 Å². The number of thioether (sulfide) groups is 1. The summed E-state index contributed by atoms with van der Waals surface area (Å²) >= 11 is 7.70. The summed E-state index contributed by atoms with van der Waals surface area (Å²) in [5, 5.41) is 13.0. The number of pyridine rings is 1. The number of aromatic nitrogens is 4. The van der Waals surface area contributed by atoms with E-state index >= 15 is 0 Å². The third-order valence-corrected chi connectivity index (χ3v) is 6.61. The Balaban J connectivity index is 1.66. The molecule has 0 bridgehead atoms. The Morgan fingerprint density at radius 2 is 1.91 bits per heavy atom. The summed E-state index contributed by atoms with van der Waals surface area (Å²) in [6.07, 6.45) is 3.49. The minimum Gasteiger partial charge on any atom is -0.324 e. The Morgan fingerprint density at radius 3 is 2.62 bits per heavy atom. The van der Waals surface area contributed by atoms with Crippen molar-refractivity contribution in [3.8, 4) is 17.1 Å². The van der Waals surface area contributed by atoms with Gasteiger partial charge in [0.15, 0.2) is 11.0 Å². The van der Waals surface area contributed by atoms with Gasteiger partial charge < -0.3 is 5.32 Å². The zero-order valence-corrected chi connectivity index (χ0v) is 21.1. The number of carbonyl (C=O) groups is 1. The highest BCUT2D eigenvalue weighted by Gasteiger charge is 2.20. The number of carbonyl (C=O) groups excluding carboxylic acids is 1. The average molecular weight is 492 g/mol. The molecular weight excluding hydrogens is 466 g/mol. The molecule has 0 saturated heterocycles. The average Bonchev–Trinajstić information content (AvgIpc) is 3.24. The first-order valence-electron chi connectivity index (χ1n) is 11.0. The standard InChI is InChI=1S/C26H26ClN5OS/c1-16(2)20-9-5-6-10-22(20)32-25(19-8-7-11-28-14-19)30-31-26(32)34-15-23(33)29-24-18(4)12-17(3)13-21(24)27/h5-14,16H,15H2,1-4H3,(H,29,33). The van der Waals surface area contributed by atoms with Gasteiger partial charge in [-0.2, -0.15) is 0 Å². The zero-order valence-electron chi connectivity index (χ0n) is 19.5. The van der Waals surface area contributed by atoms with Crippen LogP contribution in [-0.2, 0) is 4.79 Å². The summed E-state index contributed by atoms with van der Waals surface area (Å²) in [5.41, 5.74) is 5.63. The summed E-state index contributed by atoms with van der Waals surface area (Å²) in [5.74, 6) is 0.988. The molecular formula is C26H26ClN5OS. The number of benzene rings is 2. The first-order chi connectivity index (χ1) is 16.3. The molecule has 0 aliphatic heterocycles. The molecule has 0 spiro atoms. The molecule has 1 N–H and O–H groups in total. The van der Waals surface area contributed by atoms with Crippen molar-refractivity contribution in [1.82, 2.24) is 19.7 Å². The molecule has 0 radical (unpaired) electrons. The fourth-order valence-corrected chi connectivity index (χ4v) is 4.93. The predicted octanol–water partition coefficient (Wildman–Crippen LogP) is 6.45. The molecule has 2 aromatic carbocycles. The van der Waals surface area contributed by atoms with E-state index in [1.165, 1.54) is 17.3 Å². The van der Waals surface area contributed by atoms with Gasteiger partial charge in [0.25, 0.3) is 0 Å². The van der Waals surface area contributed by atoms with Crippen LogP contribution in [0.25, 0.3) is 17.1 Å². The lowest BCUT2D eigenvalue weighted by Gasteiger charge is -2.17. The van der Waals surface area contributed by atoms with Gasteiger partial charge in [-0.05, 0) is 60.7 Å². The predicted molar refractivity (Wildman–Crippen MR) is 139 cm³/mol. The molecule has 0 aliphatic rings. The lowest BCUT2D eigenvalue weighted by Crippen LogP contribution is -2.16. The van der Waals surface area contributed by atoms with Crippen LogP contribution in [0.1, 0.15) is 36.5 Å². The highest BCUT2D eigenvalue weighted by Crippen LogP contribution is 2.32. The monoisotopic (exact) mass is 491 g/mol. The minimum absolute atomic E-state index is 0.159. The molecule has 174 valence electrons. The van der Waals surface area contributed by atoms with Crippen LogP contribution < -0.4 is 5.32 Å². The number of aryl methyl sites for hydroxylation is 2. The molecule has 0 aliphatic carbocycles. The smallest absolute Gasteiger partial charge is 0.234 e. The Hall–Kier alpha value is -3.16. The van der Waals surface area contributed by atoms with Crippen LogP contribution in [0.2, 0.25) is 5.02 Å². The van der Waals surface area contributed by atoms with Crippen LogP contribution in [0.5, 0.6) is 0 Å². The van der Waals surface area contributed by atoms with E-state index in [0.29, 0.717) is 27.6 Å². The molecule has 0 atom stereocenters. The third kappa shape index (κ3) is 5.16. The fraction of sp³-hybridized carbons (Fsp3) is 0.231. The fourth-order valence-electron chi connectivity index (χ4n) is 3.82. The van der Waals surface area contributed by atoms with Gasteiger partial charge in [0.2, 0.25) is 5.91 Å². The van der Waals surface area contributed by atoms with E-state index in [9.17, 15) is 4.79 Å². The molecule has 0 saturated carbocycles. The van der Waals surface area contributed by atoms with Crippen LogP contribution >= 0.6 is 23.4 Å². The molecule has 4 rings (SSSR count). The van der Waals surface area contributed by atoms with E-state index < -0.39 is 0 Å². The van der Waals surface area contributed by atoms with E-state index in [2.05, 4.69) is 46.5 Å². The van der Waals surface area contributed by atoms with Crippen molar-refractivity contribution in [2.24, 2.45) is 0 Å². The first kappa shape index (κ1) is 24.0. The normalized spacial score (nSPS) is 11.1. The van der Waals surface area contributed by atoms with Gasteiger partial charge in [-0.1, -0.05) is 61.5 Å². The Kier molecular flexibility index (Phi) is 7.34. The molecule has 2 heterocycles. The van der Waals surface area contributed by atoms with E-state index in [1.807, 2.05) is 54.8 Å².